The number of phosphoric acid groups is 2. The Morgan fingerprint density at radius 1 is 0.439 bits per heavy atom. The zero-order chi connectivity index (χ0) is 31.6. The van der Waals surface area contributed by atoms with E-state index in [9.17, 15) is 28.3 Å². The van der Waals surface area contributed by atoms with Crippen molar-refractivity contribution in [3.63, 3.8) is 0 Å². The second kappa shape index (κ2) is 19.3. The van der Waals surface area contributed by atoms with Gasteiger partial charge in [0.05, 0.1) is 26.4 Å². The number of hydrogen-bond donors (Lipinski definition) is 0. The summed E-state index contributed by atoms with van der Waals surface area (Å²) in [5.74, 6) is -3.04. The smallest absolute Gasteiger partial charge is 0.460 e. The molecular formula is C24H36O15P2. The molecular weight excluding hydrogens is 590 g/mol. The van der Waals surface area contributed by atoms with Crippen molar-refractivity contribution in [3.05, 3.63) is 48.6 Å². The highest BCUT2D eigenvalue weighted by molar-refractivity contribution is 7.62. The van der Waals surface area contributed by atoms with Crippen molar-refractivity contribution in [3.8, 4) is 0 Å². The van der Waals surface area contributed by atoms with E-state index in [1.165, 1.54) is 27.7 Å². The Hall–Kier alpha value is -2.90. The lowest BCUT2D eigenvalue weighted by molar-refractivity contribution is -0.140. The number of carbonyl (C=O) groups excluding carboxylic acids is 4. The Morgan fingerprint density at radius 3 is 0.805 bits per heavy atom. The molecule has 0 saturated carbocycles. The van der Waals surface area contributed by atoms with Gasteiger partial charge in [0.2, 0.25) is 0 Å². The third-order valence-corrected chi connectivity index (χ3v) is 7.45. The standard InChI is InChI=1S/C24H36O15P2/c1-17(2)21(25)31-9-13-35-40(29,36-14-10-32-22(26)18(3)4)39-41(30,37-15-11-33-23(27)19(5)6)38-16-12-34-24(28)20(7)8/h1,3,5,7,9-16H2,2,4,6,8H3. The minimum absolute atomic E-state index is 0.0889. The zero-order valence-corrected chi connectivity index (χ0v) is 25.3. The van der Waals surface area contributed by atoms with Crippen LogP contribution < -0.4 is 0 Å². The maximum absolute atomic E-state index is 13.3. The normalized spacial score (nSPS) is 11.2. The van der Waals surface area contributed by atoms with Crippen molar-refractivity contribution in [2.45, 2.75) is 27.7 Å². The Morgan fingerprint density at radius 2 is 0.634 bits per heavy atom. The molecule has 0 radical (unpaired) electrons. The third kappa shape index (κ3) is 17.5. The first-order valence-corrected chi connectivity index (χ1v) is 14.7. The number of phosphoric ester groups is 2. The van der Waals surface area contributed by atoms with E-state index < -0.39 is 92.4 Å². The van der Waals surface area contributed by atoms with E-state index >= 15 is 0 Å². The van der Waals surface area contributed by atoms with Gasteiger partial charge in [-0.25, -0.2) is 28.3 Å². The Labute approximate surface area is 238 Å². The zero-order valence-electron chi connectivity index (χ0n) is 23.5. The first kappa shape index (κ1) is 38.1. The topological polar surface area (TPSA) is 185 Å². The monoisotopic (exact) mass is 626 g/mol. The van der Waals surface area contributed by atoms with Crippen molar-refractivity contribution in [2.75, 3.05) is 52.9 Å². The average molecular weight is 626 g/mol. The first-order valence-electron chi connectivity index (χ1n) is 11.8. The second-order valence-electron chi connectivity index (χ2n) is 7.97. The van der Waals surface area contributed by atoms with Crippen LogP contribution in [-0.2, 0) is 69.7 Å². The Kier molecular flexibility index (Phi) is 17.9. The van der Waals surface area contributed by atoms with E-state index in [2.05, 4.69) is 26.3 Å². The van der Waals surface area contributed by atoms with E-state index in [-0.39, 0.29) is 22.3 Å². The van der Waals surface area contributed by atoms with Gasteiger partial charge < -0.3 is 18.9 Å². The predicted molar refractivity (Wildman–Crippen MR) is 143 cm³/mol. The lowest BCUT2D eigenvalue weighted by Crippen LogP contribution is -2.16. The summed E-state index contributed by atoms with van der Waals surface area (Å²) in [5, 5.41) is 0. The van der Waals surface area contributed by atoms with Crippen molar-refractivity contribution in [1.29, 1.82) is 0 Å². The Balaban J connectivity index is 5.60. The Bertz CT molecular complexity index is 935. The summed E-state index contributed by atoms with van der Waals surface area (Å²) in [4.78, 5) is 46.3. The van der Waals surface area contributed by atoms with Crippen LogP contribution in [0.25, 0.3) is 0 Å². The molecule has 0 aliphatic heterocycles. The summed E-state index contributed by atoms with van der Waals surface area (Å²) < 4.78 is 71.4. The molecule has 0 bridgehead atoms. The van der Waals surface area contributed by atoms with Crippen LogP contribution in [0.4, 0.5) is 0 Å². The summed E-state index contributed by atoms with van der Waals surface area (Å²) in [5.41, 5.74) is 0.356. The number of carbonyl (C=O) groups is 4. The van der Waals surface area contributed by atoms with Gasteiger partial charge in [-0.15, -0.1) is 0 Å². The summed E-state index contributed by atoms with van der Waals surface area (Å²) in [6.45, 7) is 15.2. The molecule has 0 spiro atoms. The minimum atomic E-state index is -4.86. The molecule has 0 fully saturated rings. The van der Waals surface area contributed by atoms with Crippen LogP contribution in [0.3, 0.4) is 0 Å². The molecule has 15 nitrogen and oxygen atoms in total. The lowest BCUT2D eigenvalue weighted by atomic mass is 10.4. The van der Waals surface area contributed by atoms with E-state index in [1.54, 1.807) is 0 Å². The first-order chi connectivity index (χ1) is 19.0. The van der Waals surface area contributed by atoms with Crippen LogP contribution in [0.5, 0.6) is 0 Å². The van der Waals surface area contributed by atoms with Gasteiger partial charge >= 0.3 is 39.5 Å². The van der Waals surface area contributed by atoms with Crippen LogP contribution >= 0.6 is 15.6 Å². The van der Waals surface area contributed by atoms with Crippen LogP contribution in [0.2, 0.25) is 0 Å². The minimum Gasteiger partial charge on any atom is -0.460 e. The molecule has 0 aromatic rings. The van der Waals surface area contributed by atoms with Gasteiger partial charge in [0, 0.05) is 22.3 Å². The van der Waals surface area contributed by atoms with Gasteiger partial charge in [0.1, 0.15) is 26.4 Å². The molecule has 0 rings (SSSR count). The number of rotatable bonds is 22. The molecule has 0 amide bonds. The highest BCUT2D eigenvalue weighted by Gasteiger charge is 2.41. The molecule has 232 valence electrons. The van der Waals surface area contributed by atoms with Crippen molar-refractivity contribution < 1.29 is 69.7 Å². The second-order valence-corrected chi connectivity index (χ2v) is 11.4. The molecule has 41 heavy (non-hydrogen) atoms. The molecule has 0 unspecified atom stereocenters. The van der Waals surface area contributed by atoms with Gasteiger partial charge in [-0.05, 0) is 27.7 Å². The molecule has 0 atom stereocenters. The van der Waals surface area contributed by atoms with Crippen molar-refractivity contribution >= 4 is 39.5 Å². The van der Waals surface area contributed by atoms with Gasteiger partial charge in [-0.1, -0.05) is 26.3 Å². The van der Waals surface area contributed by atoms with E-state index in [4.69, 9.17) is 41.4 Å². The predicted octanol–water partition coefficient (Wildman–Crippen LogP) is 3.76. The van der Waals surface area contributed by atoms with Gasteiger partial charge in [0.15, 0.2) is 0 Å². The van der Waals surface area contributed by atoms with E-state index in [0.29, 0.717) is 0 Å². The van der Waals surface area contributed by atoms with Crippen LogP contribution in [0.15, 0.2) is 48.6 Å². The highest BCUT2D eigenvalue weighted by atomic mass is 31.3. The molecule has 0 aliphatic carbocycles. The molecule has 17 heteroatoms. The number of esters is 4. The molecule has 0 aliphatic rings. The van der Waals surface area contributed by atoms with Gasteiger partial charge in [-0.2, -0.15) is 4.31 Å². The fourth-order valence-corrected chi connectivity index (χ4v) is 4.99. The molecule has 0 heterocycles. The molecule has 0 aromatic heterocycles. The highest BCUT2D eigenvalue weighted by Crippen LogP contribution is 2.65. The van der Waals surface area contributed by atoms with Crippen molar-refractivity contribution in [1.82, 2.24) is 0 Å². The fourth-order valence-electron chi connectivity index (χ4n) is 1.92. The van der Waals surface area contributed by atoms with E-state index in [0.717, 1.165) is 0 Å². The molecule has 0 saturated heterocycles. The number of ether oxygens (including phenoxy) is 4. The van der Waals surface area contributed by atoms with Crippen LogP contribution in [-0.4, -0.2) is 76.7 Å². The van der Waals surface area contributed by atoms with Crippen molar-refractivity contribution in [2.24, 2.45) is 0 Å². The molecule has 0 N–H and O–H groups in total. The average Bonchev–Trinajstić information content (AvgIpc) is 2.88. The molecule has 0 aromatic carbocycles. The summed E-state index contributed by atoms with van der Waals surface area (Å²) in [6.07, 6.45) is 0. The van der Waals surface area contributed by atoms with E-state index in [1.807, 2.05) is 0 Å². The summed E-state index contributed by atoms with van der Waals surface area (Å²) in [7, 11) is -9.72. The van der Waals surface area contributed by atoms with Crippen LogP contribution in [0.1, 0.15) is 27.7 Å². The quantitative estimate of drug-likeness (QED) is 0.0555. The van der Waals surface area contributed by atoms with Gasteiger partial charge in [-0.3, -0.25) is 18.1 Å². The summed E-state index contributed by atoms with van der Waals surface area (Å²) >= 11 is 0. The third-order valence-electron chi connectivity index (χ3n) is 3.86. The maximum Gasteiger partial charge on any atom is 0.483 e. The maximum atomic E-state index is 13.3. The fraction of sp³-hybridized carbons (Fsp3) is 0.500. The van der Waals surface area contributed by atoms with Crippen LogP contribution in [0, 0.1) is 0 Å². The SMILES string of the molecule is C=C(C)C(=O)OCCOP(=O)(OCCOC(=O)C(=C)C)OP(=O)(OCCOC(=O)C(=C)C)OCCOC(=O)C(=C)C. The summed E-state index contributed by atoms with van der Waals surface area (Å²) in [6, 6.07) is 0. The van der Waals surface area contributed by atoms with Gasteiger partial charge in [0.25, 0.3) is 0 Å². The lowest BCUT2D eigenvalue weighted by Gasteiger charge is -2.23. The number of hydrogen-bond acceptors (Lipinski definition) is 15. The largest absolute Gasteiger partial charge is 0.483 e.